The molecule has 2 heteroatoms. The lowest BCUT2D eigenvalue weighted by Crippen LogP contribution is -2.12. The van der Waals surface area contributed by atoms with Gasteiger partial charge in [-0.3, -0.25) is 0 Å². The van der Waals surface area contributed by atoms with Gasteiger partial charge in [-0.05, 0) is 42.9 Å². The van der Waals surface area contributed by atoms with Crippen LogP contribution in [0.3, 0.4) is 0 Å². The minimum atomic E-state index is 0.199. The Morgan fingerprint density at radius 2 is 2.14 bits per heavy atom. The van der Waals surface area contributed by atoms with Gasteiger partial charge in [0.2, 0.25) is 0 Å². The van der Waals surface area contributed by atoms with Gasteiger partial charge < -0.3 is 10.5 Å². The Kier molecular flexibility index (Phi) is 2.46. The molecular formula is C12H17NO. The molecule has 0 unspecified atom stereocenters. The highest BCUT2D eigenvalue weighted by Crippen LogP contribution is 2.40. The Bertz CT molecular complexity index is 331. The Hall–Kier alpha value is -1.02. The molecule has 0 heterocycles. The molecule has 0 amide bonds. The molecule has 1 aliphatic carbocycles. The first kappa shape index (κ1) is 9.53. The van der Waals surface area contributed by atoms with Crippen LogP contribution in [0.2, 0.25) is 0 Å². The monoisotopic (exact) mass is 191 g/mol. The van der Waals surface area contributed by atoms with Crippen molar-refractivity contribution in [3.05, 3.63) is 29.3 Å². The van der Waals surface area contributed by atoms with Crippen molar-refractivity contribution in [2.45, 2.75) is 25.8 Å². The van der Waals surface area contributed by atoms with Gasteiger partial charge in [-0.25, -0.2) is 0 Å². The summed E-state index contributed by atoms with van der Waals surface area (Å²) in [5.41, 5.74) is 8.49. The molecule has 1 aliphatic rings. The molecule has 14 heavy (non-hydrogen) atoms. The van der Waals surface area contributed by atoms with E-state index in [9.17, 15) is 0 Å². The number of hydrogen-bond acceptors (Lipinski definition) is 2. The SMILES string of the molecule is COc1cc([C@H](N)C2CC2)ccc1C. The van der Waals surface area contributed by atoms with Crippen LogP contribution < -0.4 is 10.5 Å². The van der Waals surface area contributed by atoms with Gasteiger partial charge in [0.15, 0.2) is 0 Å². The number of methoxy groups -OCH3 is 1. The lowest BCUT2D eigenvalue weighted by molar-refractivity contribution is 0.410. The highest BCUT2D eigenvalue weighted by Gasteiger charge is 2.29. The zero-order valence-corrected chi connectivity index (χ0v) is 8.79. The van der Waals surface area contributed by atoms with Gasteiger partial charge in [-0.1, -0.05) is 12.1 Å². The van der Waals surface area contributed by atoms with E-state index in [-0.39, 0.29) is 6.04 Å². The fraction of sp³-hybridized carbons (Fsp3) is 0.500. The Balaban J connectivity index is 2.25. The highest BCUT2D eigenvalue weighted by molar-refractivity contribution is 5.38. The minimum Gasteiger partial charge on any atom is -0.496 e. The number of benzene rings is 1. The van der Waals surface area contributed by atoms with E-state index in [1.54, 1.807) is 7.11 Å². The maximum absolute atomic E-state index is 6.12. The van der Waals surface area contributed by atoms with E-state index in [0.717, 1.165) is 5.75 Å². The van der Waals surface area contributed by atoms with Gasteiger partial charge in [-0.2, -0.15) is 0 Å². The predicted octanol–water partition coefficient (Wildman–Crippen LogP) is 2.41. The van der Waals surface area contributed by atoms with Gasteiger partial charge in [0.05, 0.1) is 7.11 Å². The third-order valence-electron chi connectivity index (χ3n) is 2.95. The number of rotatable bonds is 3. The highest BCUT2D eigenvalue weighted by atomic mass is 16.5. The average molecular weight is 191 g/mol. The summed E-state index contributed by atoms with van der Waals surface area (Å²) in [4.78, 5) is 0. The second-order valence-corrected chi connectivity index (χ2v) is 4.09. The van der Waals surface area contributed by atoms with Gasteiger partial charge in [0.1, 0.15) is 5.75 Å². The summed E-state index contributed by atoms with van der Waals surface area (Å²) in [6.07, 6.45) is 2.55. The van der Waals surface area contributed by atoms with Crippen molar-refractivity contribution in [1.29, 1.82) is 0 Å². The molecule has 1 fully saturated rings. The van der Waals surface area contributed by atoms with Crippen molar-refractivity contribution in [2.75, 3.05) is 7.11 Å². The zero-order valence-electron chi connectivity index (χ0n) is 8.79. The summed E-state index contributed by atoms with van der Waals surface area (Å²) in [6.45, 7) is 2.05. The number of aryl methyl sites for hydroxylation is 1. The first-order valence-corrected chi connectivity index (χ1v) is 5.12. The molecule has 0 spiro atoms. The lowest BCUT2D eigenvalue weighted by atomic mass is 10.0. The van der Waals surface area contributed by atoms with E-state index in [1.807, 2.05) is 6.92 Å². The topological polar surface area (TPSA) is 35.2 Å². The second kappa shape index (κ2) is 3.62. The molecule has 0 radical (unpaired) electrons. The van der Waals surface area contributed by atoms with E-state index in [0.29, 0.717) is 5.92 Å². The maximum Gasteiger partial charge on any atom is 0.122 e. The first-order chi connectivity index (χ1) is 6.72. The van der Waals surface area contributed by atoms with Crippen LogP contribution in [0, 0.1) is 12.8 Å². The van der Waals surface area contributed by atoms with E-state index in [2.05, 4.69) is 18.2 Å². The van der Waals surface area contributed by atoms with Crippen LogP contribution in [0.25, 0.3) is 0 Å². The van der Waals surface area contributed by atoms with Crippen LogP contribution in [0.4, 0.5) is 0 Å². The van der Waals surface area contributed by atoms with Crippen LogP contribution >= 0.6 is 0 Å². The Labute approximate surface area is 85.1 Å². The third-order valence-corrected chi connectivity index (χ3v) is 2.95. The molecule has 0 saturated heterocycles. The summed E-state index contributed by atoms with van der Waals surface area (Å²) < 4.78 is 5.28. The Morgan fingerprint density at radius 3 is 2.71 bits per heavy atom. The molecule has 1 aromatic carbocycles. The van der Waals surface area contributed by atoms with Gasteiger partial charge in [0.25, 0.3) is 0 Å². The smallest absolute Gasteiger partial charge is 0.122 e. The molecule has 1 atom stereocenters. The summed E-state index contributed by atoms with van der Waals surface area (Å²) in [7, 11) is 1.70. The number of ether oxygens (including phenoxy) is 1. The number of nitrogens with two attached hydrogens (primary N) is 1. The van der Waals surface area contributed by atoms with E-state index < -0.39 is 0 Å². The van der Waals surface area contributed by atoms with Crippen molar-refractivity contribution >= 4 is 0 Å². The van der Waals surface area contributed by atoms with E-state index >= 15 is 0 Å². The molecule has 0 aromatic heterocycles. The quantitative estimate of drug-likeness (QED) is 0.796. The van der Waals surface area contributed by atoms with Gasteiger partial charge >= 0.3 is 0 Å². The largest absolute Gasteiger partial charge is 0.496 e. The molecule has 2 rings (SSSR count). The van der Waals surface area contributed by atoms with Gasteiger partial charge in [-0.15, -0.1) is 0 Å². The number of hydrogen-bond donors (Lipinski definition) is 1. The fourth-order valence-electron chi connectivity index (χ4n) is 1.77. The second-order valence-electron chi connectivity index (χ2n) is 4.09. The molecular weight excluding hydrogens is 174 g/mol. The van der Waals surface area contributed by atoms with Crippen molar-refractivity contribution in [3.8, 4) is 5.75 Å². The third kappa shape index (κ3) is 1.75. The Morgan fingerprint density at radius 1 is 1.43 bits per heavy atom. The van der Waals surface area contributed by atoms with Crippen molar-refractivity contribution in [1.82, 2.24) is 0 Å². The van der Waals surface area contributed by atoms with Crippen LogP contribution in [0.1, 0.15) is 30.0 Å². The van der Waals surface area contributed by atoms with Crippen molar-refractivity contribution in [3.63, 3.8) is 0 Å². The average Bonchev–Trinajstić information content (AvgIpc) is 3.01. The first-order valence-electron chi connectivity index (χ1n) is 5.12. The molecule has 76 valence electrons. The molecule has 0 aliphatic heterocycles. The predicted molar refractivity (Wildman–Crippen MR) is 57.4 cm³/mol. The summed E-state index contributed by atoms with van der Waals surface area (Å²) in [6, 6.07) is 6.46. The van der Waals surface area contributed by atoms with Crippen LogP contribution in [-0.2, 0) is 0 Å². The molecule has 0 bridgehead atoms. The van der Waals surface area contributed by atoms with Crippen molar-refractivity contribution in [2.24, 2.45) is 11.7 Å². The molecule has 1 saturated carbocycles. The lowest BCUT2D eigenvalue weighted by Gasteiger charge is -2.13. The fourth-order valence-corrected chi connectivity index (χ4v) is 1.77. The molecule has 2 N–H and O–H groups in total. The van der Waals surface area contributed by atoms with Crippen molar-refractivity contribution < 1.29 is 4.74 Å². The van der Waals surface area contributed by atoms with Crippen LogP contribution in [0.15, 0.2) is 18.2 Å². The maximum atomic E-state index is 6.12. The minimum absolute atomic E-state index is 0.199. The van der Waals surface area contributed by atoms with E-state index in [4.69, 9.17) is 10.5 Å². The van der Waals surface area contributed by atoms with Crippen LogP contribution in [-0.4, -0.2) is 7.11 Å². The summed E-state index contributed by atoms with van der Waals surface area (Å²) in [5, 5.41) is 0. The molecule has 1 aromatic rings. The summed E-state index contributed by atoms with van der Waals surface area (Å²) >= 11 is 0. The molecule has 2 nitrogen and oxygen atoms in total. The normalized spacial score (nSPS) is 17.9. The zero-order chi connectivity index (χ0) is 10.1. The van der Waals surface area contributed by atoms with Crippen LogP contribution in [0.5, 0.6) is 5.75 Å². The van der Waals surface area contributed by atoms with Gasteiger partial charge in [0, 0.05) is 6.04 Å². The van der Waals surface area contributed by atoms with E-state index in [1.165, 1.54) is 24.0 Å². The standard InChI is InChI=1S/C12H17NO/c1-8-3-4-10(7-11(8)14-2)12(13)9-5-6-9/h3-4,7,9,12H,5-6,13H2,1-2H3/t12-/m1/s1. The summed E-state index contributed by atoms with van der Waals surface area (Å²) in [5.74, 6) is 1.64.